The predicted molar refractivity (Wildman–Crippen MR) is 66.7 cm³/mol. The van der Waals surface area contributed by atoms with Crippen LogP contribution in [0.25, 0.3) is 0 Å². The number of aliphatic hydroxyl groups is 1. The van der Waals surface area contributed by atoms with Gasteiger partial charge in [-0.15, -0.1) is 0 Å². The van der Waals surface area contributed by atoms with Crippen molar-refractivity contribution in [1.29, 1.82) is 0 Å². The van der Waals surface area contributed by atoms with Crippen molar-refractivity contribution in [3.05, 3.63) is 29.8 Å². The van der Waals surface area contributed by atoms with Gasteiger partial charge in [0.15, 0.2) is 0 Å². The standard InChI is InChI=1S/C11H16N2O4S/c1-12-11(15)9-3-5-10(6-4-9)18(16,17)13(2)7-8-14/h3-6,14H,7-8H2,1-2H3,(H,12,15). The van der Waals surface area contributed by atoms with E-state index in [4.69, 9.17) is 5.11 Å². The molecule has 1 aromatic rings. The summed E-state index contributed by atoms with van der Waals surface area (Å²) in [6.07, 6.45) is 0. The third-order valence-corrected chi connectivity index (χ3v) is 4.34. The molecule has 0 unspecified atom stereocenters. The Bertz CT molecular complexity index is 510. The lowest BCUT2D eigenvalue weighted by atomic mass is 10.2. The summed E-state index contributed by atoms with van der Waals surface area (Å²) in [6, 6.07) is 5.62. The number of carbonyl (C=O) groups excluding carboxylic acids is 1. The van der Waals surface area contributed by atoms with Crippen molar-refractivity contribution in [2.24, 2.45) is 0 Å². The van der Waals surface area contributed by atoms with Gasteiger partial charge in [0.2, 0.25) is 10.0 Å². The molecule has 6 nitrogen and oxygen atoms in total. The fraction of sp³-hybridized carbons (Fsp3) is 0.364. The lowest BCUT2D eigenvalue weighted by Gasteiger charge is -2.15. The molecule has 0 saturated heterocycles. The molecule has 1 aromatic carbocycles. The molecule has 18 heavy (non-hydrogen) atoms. The van der Waals surface area contributed by atoms with E-state index in [2.05, 4.69) is 5.32 Å². The Hall–Kier alpha value is -1.44. The topological polar surface area (TPSA) is 86.7 Å². The highest BCUT2D eigenvalue weighted by molar-refractivity contribution is 7.89. The van der Waals surface area contributed by atoms with Crippen LogP contribution in [-0.2, 0) is 10.0 Å². The normalized spacial score (nSPS) is 11.6. The Balaban J connectivity index is 3.01. The van der Waals surface area contributed by atoms with Gasteiger partial charge >= 0.3 is 0 Å². The third kappa shape index (κ3) is 3.06. The summed E-state index contributed by atoms with van der Waals surface area (Å²) < 4.78 is 25.0. The SMILES string of the molecule is CNC(=O)c1ccc(S(=O)(=O)N(C)CCO)cc1. The lowest BCUT2D eigenvalue weighted by molar-refractivity contribution is 0.0963. The van der Waals surface area contributed by atoms with E-state index in [9.17, 15) is 13.2 Å². The average Bonchev–Trinajstić information content (AvgIpc) is 2.38. The van der Waals surface area contributed by atoms with Gasteiger partial charge in [0.25, 0.3) is 5.91 Å². The van der Waals surface area contributed by atoms with E-state index < -0.39 is 10.0 Å². The molecule has 0 spiro atoms. The van der Waals surface area contributed by atoms with E-state index in [0.717, 1.165) is 4.31 Å². The van der Waals surface area contributed by atoms with Gasteiger partial charge in [-0.2, -0.15) is 4.31 Å². The van der Waals surface area contributed by atoms with Gasteiger partial charge in [-0.05, 0) is 24.3 Å². The van der Waals surface area contributed by atoms with E-state index >= 15 is 0 Å². The van der Waals surface area contributed by atoms with E-state index in [0.29, 0.717) is 5.56 Å². The first-order valence-corrected chi connectivity index (χ1v) is 6.77. The number of rotatable bonds is 5. The third-order valence-electron chi connectivity index (χ3n) is 2.47. The molecule has 0 aliphatic carbocycles. The van der Waals surface area contributed by atoms with Crippen LogP contribution in [0.3, 0.4) is 0 Å². The zero-order chi connectivity index (χ0) is 13.8. The number of hydrogen-bond donors (Lipinski definition) is 2. The van der Waals surface area contributed by atoms with Gasteiger partial charge in [0.1, 0.15) is 0 Å². The fourth-order valence-electron chi connectivity index (χ4n) is 1.36. The molecule has 7 heteroatoms. The van der Waals surface area contributed by atoms with Gasteiger partial charge < -0.3 is 10.4 Å². The van der Waals surface area contributed by atoms with Crippen molar-refractivity contribution in [3.63, 3.8) is 0 Å². The van der Waals surface area contributed by atoms with E-state index in [1.54, 1.807) is 0 Å². The molecule has 0 bridgehead atoms. The summed E-state index contributed by atoms with van der Waals surface area (Å²) in [7, 11) is -0.720. The molecule has 0 fully saturated rings. The Morgan fingerprint density at radius 2 is 1.89 bits per heavy atom. The van der Waals surface area contributed by atoms with Gasteiger partial charge in [0.05, 0.1) is 11.5 Å². The number of aliphatic hydroxyl groups excluding tert-OH is 1. The van der Waals surface area contributed by atoms with Crippen LogP contribution in [-0.4, -0.2) is 51.0 Å². The Morgan fingerprint density at radius 1 is 1.33 bits per heavy atom. The van der Waals surface area contributed by atoms with Crippen LogP contribution < -0.4 is 5.32 Å². The second kappa shape index (κ2) is 5.94. The van der Waals surface area contributed by atoms with Crippen LogP contribution in [0.2, 0.25) is 0 Å². The van der Waals surface area contributed by atoms with Crippen LogP contribution in [0.1, 0.15) is 10.4 Å². The van der Waals surface area contributed by atoms with Crippen molar-refractivity contribution in [2.75, 3.05) is 27.2 Å². The molecular weight excluding hydrogens is 256 g/mol. The summed E-state index contributed by atoms with van der Waals surface area (Å²) in [4.78, 5) is 11.4. The monoisotopic (exact) mass is 272 g/mol. The average molecular weight is 272 g/mol. The van der Waals surface area contributed by atoms with Gasteiger partial charge in [-0.1, -0.05) is 0 Å². The Labute approximate surface area is 106 Å². The maximum absolute atomic E-state index is 12.0. The highest BCUT2D eigenvalue weighted by Gasteiger charge is 2.20. The van der Waals surface area contributed by atoms with Crippen molar-refractivity contribution in [3.8, 4) is 0 Å². The van der Waals surface area contributed by atoms with Gasteiger partial charge in [0, 0.05) is 26.2 Å². The van der Waals surface area contributed by atoms with Crippen LogP contribution in [0, 0.1) is 0 Å². The second-order valence-corrected chi connectivity index (χ2v) is 5.70. The van der Waals surface area contributed by atoms with Crippen molar-refractivity contribution < 1.29 is 18.3 Å². The molecule has 0 aliphatic heterocycles. The Morgan fingerprint density at radius 3 is 2.33 bits per heavy atom. The van der Waals surface area contributed by atoms with Gasteiger partial charge in [-0.3, -0.25) is 4.79 Å². The number of amides is 1. The number of sulfonamides is 1. The molecule has 1 rings (SSSR count). The molecule has 2 N–H and O–H groups in total. The summed E-state index contributed by atoms with van der Waals surface area (Å²) in [6.45, 7) is -0.217. The number of likely N-dealkylation sites (N-methyl/N-ethyl adjacent to an activating group) is 1. The van der Waals surface area contributed by atoms with Crippen molar-refractivity contribution >= 4 is 15.9 Å². The number of carbonyl (C=O) groups is 1. The Kier molecular flexibility index (Phi) is 4.83. The zero-order valence-corrected chi connectivity index (χ0v) is 11.1. The molecule has 100 valence electrons. The van der Waals surface area contributed by atoms with Crippen LogP contribution >= 0.6 is 0 Å². The van der Waals surface area contributed by atoms with Crippen molar-refractivity contribution in [1.82, 2.24) is 9.62 Å². The second-order valence-electron chi connectivity index (χ2n) is 3.65. The number of hydrogen-bond acceptors (Lipinski definition) is 4. The van der Waals surface area contributed by atoms with Gasteiger partial charge in [-0.25, -0.2) is 8.42 Å². The summed E-state index contributed by atoms with van der Waals surface area (Å²) in [5.74, 6) is -0.275. The summed E-state index contributed by atoms with van der Waals surface area (Å²) >= 11 is 0. The molecule has 0 aromatic heterocycles. The van der Waals surface area contributed by atoms with Crippen LogP contribution in [0.4, 0.5) is 0 Å². The van der Waals surface area contributed by atoms with Crippen LogP contribution in [0.5, 0.6) is 0 Å². The first-order chi connectivity index (χ1) is 8.43. The number of nitrogens with one attached hydrogen (secondary N) is 1. The molecular formula is C11H16N2O4S. The number of benzene rings is 1. The predicted octanol–water partition coefficient (Wildman–Crippen LogP) is -0.341. The van der Waals surface area contributed by atoms with E-state index in [1.807, 2.05) is 0 Å². The van der Waals surface area contributed by atoms with E-state index in [-0.39, 0.29) is 24.0 Å². The molecule has 0 heterocycles. The minimum Gasteiger partial charge on any atom is -0.395 e. The lowest BCUT2D eigenvalue weighted by Crippen LogP contribution is -2.29. The number of nitrogens with zero attached hydrogens (tertiary/aromatic N) is 1. The zero-order valence-electron chi connectivity index (χ0n) is 10.3. The largest absolute Gasteiger partial charge is 0.395 e. The molecule has 0 aliphatic rings. The minimum atomic E-state index is -3.61. The smallest absolute Gasteiger partial charge is 0.251 e. The maximum Gasteiger partial charge on any atom is 0.251 e. The quantitative estimate of drug-likeness (QED) is 0.767. The summed E-state index contributed by atoms with van der Waals surface area (Å²) in [5, 5.41) is 11.2. The fourth-order valence-corrected chi connectivity index (χ4v) is 2.53. The first kappa shape index (κ1) is 14.6. The highest BCUT2D eigenvalue weighted by atomic mass is 32.2. The molecule has 0 atom stereocenters. The maximum atomic E-state index is 12.0. The first-order valence-electron chi connectivity index (χ1n) is 5.33. The highest BCUT2D eigenvalue weighted by Crippen LogP contribution is 2.14. The van der Waals surface area contributed by atoms with E-state index in [1.165, 1.54) is 38.4 Å². The minimum absolute atomic E-state index is 0.0273. The van der Waals surface area contributed by atoms with Crippen LogP contribution in [0.15, 0.2) is 29.2 Å². The van der Waals surface area contributed by atoms with Crippen molar-refractivity contribution in [2.45, 2.75) is 4.90 Å². The molecule has 0 saturated carbocycles. The summed E-state index contributed by atoms with van der Waals surface area (Å²) in [5.41, 5.74) is 0.390. The molecule has 1 amide bonds. The molecule has 0 radical (unpaired) electrons.